The molecule has 0 saturated heterocycles. The predicted octanol–water partition coefficient (Wildman–Crippen LogP) is 2.80. The highest BCUT2D eigenvalue weighted by Gasteiger charge is 2.11. The van der Waals surface area contributed by atoms with Gasteiger partial charge < -0.3 is 10.2 Å². The zero-order chi connectivity index (χ0) is 14.3. The van der Waals surface area contributed by atoms with Crippen LogP contribution in [0.15, 0.2) is 4.47 Å². The largest absolute Gasteiger partial charge is 0.311 e. The molecule has 110 valence electrons. The zero-order valence-electron chi connectivity index (χ0n) is 12.7. The highest BCUT2D eigenvalue weighted by atomic mass is 79.9. The third-order valence-corrected chi connectivity index (χ3v) is 4.50. The highest BCUT2D eigenvalue weighted by Crippen LogP contribution is 2.20. The van der Waals surface area contributed by atoms with Crippen molar-refractivity contribution >= 4 is 15.9 Å². The van der Waals surface area contributed by atoms with Crippen molar-refractivity contribution in [2.24, 2.45) is 0 Å². The van der Waals surface area contributed by atoms with Gasteiger partial charge in [-0.25, -0.2) is 0 Å². The predicted molar refractivity (Wildman–Crippen MR) is 84.4 cm³/mol. The minimum Gasteiger partial charge on any atom is -0.311 e. The Morgan fingerprint density at radius 1 is 1.26 bits per heavy atom. The van der Waals surface area contributed by atoms with Crippen LogP contribution in [-0.4, -0.2) is 40.9 Å². The zero-order valence-corrected chi connectivity index (χ0v) is 14.3. The summed E-state index contributed by atoms with van der Waals surface area (Å²) in [4.78, 5) is 2.46. The number of aromatic nitrogens is 2. The van der Waals surface area contributed by atoms with Gasteiger partial charge in [0.2, 0.25) is 0 Å². The Labute approximate surface area is 125 Å². The van der Waals surface area contributed by atoms with Crippen molar-refractivity contribution in [1.82, 2.24) is 20.0 Å². The van der Waals surface area contributed by atoms with Gasteiger partial charge in [0.05, 0.1) is 15.9 Å². The number of halogens is 1. The van der Waals surface area contributed by atoms with Gasteiger partial charge in [0.15, 0.2) is 0 Å². The Balaban J connectivity index is 2.33. The van der Waals surface area contributed by atoms with Crippen LogP contribution in [0.4, 0.5) is 0 Å². The third-order valence-electron chi connectivity index (χ3n) is 3.47. The lowest BCUT2D eigenvalue weighted by Gasteiger charge is -2.17. The van der Waals surface area contributed by atoms with Crippen molar-refractivity contribution in [2.75, 3.05) is 26.2 Å². The summed E-state index contributed by atoms with van der Waals surface area (Å²) in [6, 6.07) is 0. The first-order valence-electron chi connectivity index (χ1n) is 7.28. The molecular weight excluding hydrogens is 304 g/mol. The maximum absolute atomic E-state index is 4.50. The van der Waals surface area contributed by atoms with E-state index in [1.807, 2.05) is 6.92 Å². The van der Waals surface area contributed by atoms with E-state index in [1.165, 1.54) is 18.7 Å². The molecule has 0 aliphatic rings. The van der Waals surface area contributed by atoms with Crippen molar-refractivity contribution < 1.29 is 0 Å². The fourth-order valence-electron chi connectivity index (χ4n) is 2.21. The Hall–Kier alpha value is -0.390. The molecule has 1 aromatic heterocycles. The lowest BCUT2D eigenvalue weighted by Crippen LogP contribution is -2.27. The van der Waals surface area contributed by atoms with Crippen LogP contribution in [0.2, 0.25) is 0 Å². The summed E-state index contributed by atoms with van der Waals surface area (Å²) in [5, 5.41) is 8.02. The summed E-state index contributed by atoms with van der Waals surface area (Å²) in [6.45, 7) is 14.9. The minimum absolute atomic E-state index is 0.882. The van der Waals surface area contributed by atoms with Crippen molar-refractivity contribution in [2.45, 2.75) is 47.2 Å². The van der Waals surface area contributed by atoms with Gasteiger partial charge in [-0.3, -0.25) is 4.68 Å². The van der Waals surface area contributed by atoms with E-state index >= 15 is 0 Å². The van der Waals surface area contributed by atoms with Crippen LogP contribution in [0.5, 0.6) is 0 Å². The van der Waals surface area contributed by atoms with Crippen molar-refractivity contribution in [3.05, 3.63) is 15.9 Å². The summed E-state index contributed by atoms with van der Waals surface area (Å²) in [7, 11) is 0. The van der Waals surface area contributed by atoms with Crippen LogP contribution in [0.1, 0.15) is 38.6 Å². The average molecular weight is 331 g/mol. The Morgan fingerprint density at radius 3 is 2.53 bits per heavy atom. The summed E-state index contributed by atoms with van der Waals surface area (Å²) in [5.41, 5.74) is 2.32. The lowest BCUT2D eigenvalue weighted by atomic mass is 10.3. The van der Waals surface area contributed by atoms with E-state index in [1.54, 1.807) is 0 Å². The maximum atomic E-state index is 4.50. The molecule has 0 saturated carbocycles. The second-order valence-electron chi connectivity index (χ2n) is 4.72. The Morgan fingerprint density at radius 2 is 1.95 bits per heavy atom. The molecule has 1 aromatic rings. The van der Waals surface area contributed by atoms with Crippen LogP contribution in [0.25, 0.3) is 0 Å². The topological polar surface area (TPSA) is 33.1 Å². The number of aryl methyl sites for hydroxylation is 2. The van der Waals surface area contributed by atoms with Crippen LogP contribution < -0.4 is 5.32 Å². The second kappa shape index (κ2) is 8.72. The molecule has 1 heterocycles. The normalized spacial score (nSPS) is 11.5. The van der Waals surface area contributed by atoms with Gasteiger partial charge in [0.1, 0.15) is 0 Å². The van der Waals surface area contributed by atoms with Gasteiger partial charge in [-0.2, -0.15) is 5.10 Å². The van der Waals surface area contributed by atoms with Gasteiger partial charge in [-0.15, -0.1) is 0 Å². The number of rotatable bonds is 9. The van der Waals surface area contributed by atoms with Crippen LogP contribution in [0.3, 0.4) is 0 Å². The number of hydrogen-bond acceptors (Lipinski definition) is 3. The van der Waals surface area contributed by atoms with Crippen LogP contribution in [-0.2, 0) is 13.1 Å². The monoisotopic (exact) mass is 330 g/mol. The molecule has 0 fully saturated rings. The molecule has 0 amide bonds. The highest BCUT2D eigenvalue weighted by molar-refractivity contribution is 9.10. The molecule has 4 nitrogen and oxygen atoms in total. The first kappa shape index (κ1) is 16.7. The maximum Gasteiger partial charge on any atom is 0.0739 e. The third kappa shape index (κ3) is 4.89. The van der Waals surface area contributed by atoms with Crippen molar-refractivity contribution in [1.29, 1.82) is 0 Å². The van der Waals surface area contributed by atoms with Gasteiger partial charge in [-0.05, 0) is 62.4 Å². The molecule has 0 spiro atoms. The molecular formula is C14H27BrN4. The molecule has 0 atom stereocenters. The summed E-state index contributed by atoms with van der Waals surface area (Å²) >= 11 is 3.63. The van der Waals surface area contributed by atoms with E-state index in [9.17, 15) is 0 Å². The fourth-order valence-corrected chi connectivity index (χ4v) is 2.64. The van der Waals surface area contributed by atoms with E-state index < -0.39 is 0 Å². The van der Waals surface area contributed by atoms with Gasteiger partial charge in [0.25, 0.3) is 0 Å². The molecule has 1 rings (SSSR count). The molecule has 1 N–H and O–H groups in total. The van der Waals surface area contributed by atoms with E-state index in [2.05, 4.69) is 56.7 Å². The average Bonchev–Trinajstić information content (AvgIpc) is 2.70. The number of nitrogens with zero attached hydrogens (tertiary/aromatic N) is 3. The molecule has 5 heteroatoms. The smallest absolute Gasteiger partial charge is 0.0739 e. The van der Waals surface area contributed by atoms with E-state index in [0.717, 1.165) is 42.9 Å². The first-order chi connectivity index (χ1) is 9.13. The summed E-state index contributed by atoms with van der Waals surface area (Å²) in [6.07, 6.45) is 1.19. The second-order valence-corrected chi connectivity index (χ2v) is 5.51. The van der Waals surface area contributed by atoms with Crippen molar-refractivity contribution in [3.63, 3.8) is 0 Å². The van der Waals surface area contributed by atoms with Crippen LogP contribution in [0, 0.1) is 6.92 Å². The van der Waals surface area contributed by atoms with E-state index in [0.29, 0.717) is 0 Å². The summed E-state index contributed by atoms with van der Waals surface area (Å²) < 4.78 is 3.21. The van der Waals surface area contributed by atoms with Gasteiger partial charge in [-0.1, -0.05) is 13.8 Å². The molecule has 0 aromatic carbocycles. The summed E-state index contributed by atoms with van der Waals surface area (Å²) in [5.74, 6) is 0. The van der Waals surface area contributed by atoms with Gasteiger partial charge >= 0.3 is 0 Å². The van der Waals surface area contributed by atoms with Crippen molar-refractivity contribution in [3.8, 4) is 0 Å². The lowest BCUT2D eigenvalue weighted by molar-refractivity contribution is 0.297. The Bertz CT molecular complexity index is 372. The molecule has 0 bridgehead atoms. The number of nitrogens with one attached hydrogen (secondary N) is 1. The minimum atomic E-state index is 0.882. The first-order valence-corrected chi connectivity index (χ1v) is 8.08. The fraction of sp³-hybridized carbons (Fsp3) is 0.786. The molecule has 0 aliphatic carbocycles. The van der Waals surface area contributed by atoms with Crippen LogP contribution >= 0.6 is 15.9 Å². The Kier molecular flexibility index (Phi) is 7.64. The standard InChI is InChI=1S/C14H27BrN4/c1-5-18(6-2)10-8-9-16-11-13-14(15)12(4)17-19(13)7-3/h16H,5-11H2,1-4H3. The molecule has 19 heavy (non-hydrogen) atoms. The van der Waals surface area contributed by atoms with E-state index in [-0.39, 0.29) is 0 Å². The quantitative estimate of drug-likeness (QED) is 0.707. The molecule has 0 unspecified atom stereocenters. The molecule has 0 radical (unpaired) electrons. The SMILES string of the molecule is CCN(CC)CCCNCc1c(Br)c(C)nn1CC. The number of hydrogen-bond donors (Lipinski definition) is 1. The molecule has 0 aliphatic heterocycles. The van der Waals surface area contributed by atoms with Gasteiger partial charge in [0, 0.05) is 13.1 Å². The van der Waals surface area contributed by atoms with E-state index in [4.69, 9.17) is 0 Å².